The molecular formula is C51H32N4S. The minimum atomic E-state index is 0.710. The highest BCUT2D eigenvalue weighted by molar-refractivity contribution is 7.27. The average Bonchev–Trinajstić information content (AvgIpc) is 3.83. The summed E-state index contributed by atoms with van der Waals surface area (Å²) in [7, 11) is 0. The monoisotopic (exact) mass is 732 g/mol. The van der Waals surface area contributed by atoms with Crippen LogP contribution in [0.4, 0.5) is 0 Å². The van der Waals surface area contributed by atoms with Crippen molar-refractivity contribution in [3.8, 4) is 62.0 Å². The van der Waals surface area contributed by atoms with Crippen LogP contribution in [-0.2, 0) is 0 Å². The number of benzene rings is 7. The van der Waals surface area contributed by atoms with Gasteiger partial charge < -0.3 is 4.57 Å². The molecular weight excluding hydrogens is 701 g/mol. The molecule has 4 heterocycles. The Kier molecular flexibility index (Phi) is 7.64. The van der Waals surface area contributed by atoms with Gasteiger partial charge in [0.05, 0.1) is 38.3 Å². The van der Waals surface area contributed by atoms with E-state index in [0.717, 1.165) is 61.7 Å². The van der Waals surface area contributed by atoms with E-state index in [4.69, 9.17) is 15.0 Å². The largest absolute Gasteiger partial charge is 0.308 e. The third-order valence-corrected chi connectivity index (χ3v) is 11.9. The van der Waals surface area contributed by atoms with E-state index in [1.165, 1.54) is 36.6 Å². The molecule has 0 amide bonds. The van der Waals surface area contributed by atoms with Crippen molar-refractivity contribution in [2.24, 2.45) is 0 Å². The summed E-state index contributed by atoms with van der Waals surface area (Å²) in [5.41, 5.74) is 13.8. The summed E-state index contributed by atoms with van der Waals surface area (Å²) in [4.78, 5) is 15.4. The smallest absolute Gasteiger partial charge is 0.160 e. The molecule has 0 N–H and O–H groups in total. The maximum atomic E-state index is 5.32. The summed E-state index contributed by atoms with van der Waals surface area (Å²) in [5.74, 6) is 0.710. The van der Waals surface area contributed by atoms with Crippen molar-refractivity contribution < 1.29 is 0 Å². The maximum Gasteiger partial charge on any atom is 0.160 e. The lowest BCUT2D eigenvalue weighted by atomic mass is 10.00. The lowest BCUT2D eigenvalue weighted by Gasteiger charge is -2.13. The first-order chi connectivity index (χ1) is 27.8. The number of nitrogens with zero attached hydrogens (tertiary/aromatic N) is 4. The van der Waals surface area contributed by atoms with E-state index in [9.17, 15) is 0 Å². The van der Waals surface area contributed by atoms with Crippen molar-refractivity contribution in [3.63, 3.8) is 0 Å². The number of rotatable bonds is 6. The molecule has 262 valence electrons. The van der Waals surface area contributed by atoms with Gasteiger partial charge in [0.15, 0.2) is 5.82 Å². The van der Waals surface area contributed by atoms with Crippen molar-refractivity contribution >= 4 is 53.4 Å². The van der Waals surface area contributed by atoms with Gasteiger partial charge >= 0.3 is 0 Å². The molecule has 0 fully saturated rings. The second-order valence-corrected chi connectivity index (χ2v) is 15.0. The van der Waals surface area contributed by atoms with Crippen LogP contribution in [0, 0.1) is 0 Å². The van der Waals surface area contributed by atoms with E-state index in [0.29, 0.717) is 5.82 Å². The zero-order valence-corrected chi connectivity index (χ0v) is 31.0. The van der Waals surface area contributed by atoms with Gasteiger partial charge in [0.1, 0.15) is 0 Å². The van der Waals surface area contributed by atoms with Crippen LogP contribution in [0.15, 0.2) is 194 Å². The predicted molar refractivity (Wildman–Crippen MR) is 234 cm³/mol. The van der Waals surface area contributed by atoms with E-state index < -0.39 is 0 Å². The third-order valence-electron chi connectivity index (χ3n) is 10.6. The Labute approximate surface area is 327 Å². The molecule has 0 radical (unpaired) electrons. The topological polar surface area (TPSA) is 43.6 Å². The summed E-state index contributed by atoms with van der Waals surface area (Å²) in [6, 6.07) is 68.1. The average molecular weight is 733 g/mol. The molecule has 0 atom stereocenters. The van der Waals surface area contributed by atoms with Crippen LogP contribution in [-0.4, -0.2) is 19.5 Å². The van der Waals surface area contributed by atoms with Gasteiger partial charge in [-0.1, -0.05) is 158 Å². The van der Waals surface area contributed by atoms with Crippen molar-refractivity contribution in [2.45, 2.75) is 0 Å². The maximum absolute atomic E-state index is 5.32. The van der Waals surface area contributed by atoms with Gasteiger partial charge in [-0.15, -0.1) is 11.3 Å². The minimum absolute atomic E-state index is 0.710. The zero-order chi connectivity index (χ0) is 37.0. The lowest BCUT2D eigenvalue weighted by molar-refractivity contribution is 1.18. The Morgan fingerprint density at radius 2 is 0.982 bits per heavy atom. The van der Waals surface area contributed by atoms with Crippen LogP contribution in [0.1, 0.15) is 0 Å². The second kappa shape index (κ2) is 13.3. The van der Waals surface area contributed by atoms with Crippen molar-refractivity contribution in [3.05, 3.63) is 194 Å². The normalized spacial score (nSPS) is 11.6. The summed E-state index contributed by atoms with van der Waals surface area (Å²) >= 11 is 1.87. The predicted octanol–water partition coefficient (Wildman–Crippen LogP) is 13.7. The molecule has 0 aliphatic rings. The van der Waals surface area contributed by atoms with E-state index in [2.05, 4.69) is 162 Å². The molecule has 11 rings (SSSR count). The SMILES string of the molecule is c1ccc(-c2cc(-c3cccc(-c4ccc(-n5c6ccccc6c6sc7c8ccccc8nc(-c8ccccc8)c7c65)cc4)c3)nc(-c3ccccc3)n2)cc1. The van der Waals surface area contributed by atoms with Crippen LogP contribution >= 0.6 is 11.3 Å². The fourth-order valence-electron chi connectivity index (χ4n) is 7.95. The highest BCUT2D eigenvalue weighted by Gasteiger charge is 2.23. The standard InChI is InChI=1S/C51H32N4S/c1-4-15-34(16-5-1)43-32-44(54-51(53-43)36-19-8-3-9-20-36)38-22-14-21-37(31-38)33-27-29-39(30-28-33)55-45-26-13-11-24-41(45)50-48(55)46-47(35-17-6-2-7-18-35)52-42-25-12-10-23-40(42)49(46)56-50/h1-32H. The van der Waals surface area contributed by atoms with Crippen molar-refractivity contribution in [2.75, 3.05) is 0 Å². The number of hydrogen-bond donors (Lipinski definition) is 0. The van der Waals surface area contributed by atoms with Gasteiger partial charge in [-0.2, -0.15) is 0 Å². The van der Waals surface area contributed by atoms with Crippen LogP contribution in [0.5, 0.6) is 0 Å². The first-order valence-electron chi connectivity index (χ1n) is 18.8. The van der Waals surface area contributed by atoms with E-state index >= 15 is 0 Å². The molecule has 7 aromatic carbocycles. The molecule has 0 saturated carbocycles. The number of para-hydroxylation sites is 2. The number of fused-ring (bicyclic) bond motifs is 7. The van der Waals surface area contributed by atoms with Crippen LogP contribution in [0.3, 0.4) is 0 Å². The lowest BCUT2D eigenvalue weighted by Crippen LogP contribution is -1.96. The fraction of sp³-hybridized carbons (Fsp3) is 0. The Morgan fingerprint density at radius 1 is 0.393 bits per heavy atom. The zero-order valence-electron chi connectivity index (χ0n) is 30.2. The van der Waals surface area contributed by atoms with Crippen molar-refractivity contribution in [1.82, 2.24) is 19.5 Å². The Hall–Kier alpha value is -7.21. The number of pyridine rings is 1. The molecule has 0 bridgehead atoms. The summed E-state index contributed by atoms with van der Waals surface area (Å²) in [6.45, 7) is 0. The Balaban J connectivity index is 1.05. The summed E-state index contributed by atoms with van der Waals surface area (Å²) in [5, 5.41) is 3.63. The van der Waals surface area contributed by atoms with E-state index in [1.807, 2.05) is 47.7 Å². The van der Waals surface area contributed by atoms with Gasteiger partial charge in [0.2, 0.25) is 0 Å². The Bertz CT molecular complexity index is 3160. The van der Waals surface area contributed by atoms with Crippen LogP contribution < -0.4 is 0 Å². The van der Waals surface area contributed by atoms with Crippen LogP contribution in [0.2, 0.25) is 0 Å². The summed E-state index contributed by atoms with van der Waals surface area (Å²) < 4.78 is 4.98. The van der Waals surface area contributed by atoms with Crippen molar-refractivity contribution in [1.29, 1.82) is 0 Å². The molecule has 4 aromatic heterocycles. The van der Waals surface area contributed by atoms with Gasteiger partial charge in [-0.3, -0.25) is 0 Å². The first-order valence-corrected chi connectivity index (χ1v) is 19.6. The summed E-state index contributed by atoms with van der Waals surface area (Å²) in [6.07, 6.45) is 0. The van der Waals surface area contributed by atoms with Crippen LogP contribution in [0.25, 0.3) is 104 Å². The molecule has 4 nitrogen and oxygen atoms in total. The third kappa shape index (κ3) is 5.40. The molecule has 0 saturated heterocycles. The first kappa shape index (κ1) is 32.2. The van der Waals surface area contributed by atoms with E-state index in [1.54, 1.807) is 0 Å². The number of aromatic nitrogens is 4. The molecule has 11 aromatic rings. The molecule has 5 heteroatoms. The van der Waals surface area contributed by atoms with E-state index in [-0.39, 0.29) is 0 Å². The molecule has 0 aliphatic carbocycles. The van der Waals surface area contributed by atoms with Gasteiger partial charge in [0.25, 0.3) is 0 Å². The fourth-order valence-corrected chi connectivity index (χ4v) is 9.31. The quantitative estimate of drug-likeness (QED) is 0.171. The Morgan fingerprint density at radius 3 is 1.73 bits per heavy atom. The number of thiophene rings is 1. The molecule has 0 spiro atoms. The van der Waals surface area contributed by atoms with Gasteiger partial charge in [0, 0.05) is 48.8 Å². The van der Waals surface area contributed by atoms with Gasteiger partial charge in [-0.25, -0.2) is 15.0 Å². The molecule has 56 heavy (non-hydrogen) atoms. The molecule has 0 unspecified atom stereocenters. The number of hydrogen-bond acceptors (Lipinski definition) is 4. The second-order valence-electron chi connectivity index (χ2n) is 14.0. The minimum Gasteiger partial charge on any atom is -0.308 e. The highest BCUT2D eigenvalue weighted by atomic mass is 32.1. The van der Waals surface area contributed by atoms with Gasteiger partial charge in [-0.05, 0) is 47.5 Å². The highest BCUT2D eigenvalue weighted by Crippen LogP contribution is 2.47. The molecule has 0 aliphatic heterocycles.